The van der Waals surface area contributed by atoms with Gasteiger partial charge in [-0.25, -0.2) is 0 Å². The average Bonchev–Trinajstić information content (AvgIpc) is 2.16. The van der Waals surface area contributed by atoms with Gasteiger partial charge >= 0.3 is 0 Å². The van der Waals surface area contributed by atoms with Crippen LogP contribution in [0.15, 0.2) is 18.2 Å². The van der Waals surface area contributed by atoms with E-state index in [2.05, 4.69) is 20.8 Å². The highest BCUT2D eigenvalue weighted by Crippen LogP contribution is 2.35. The smallest absolute Gasteiger partial charge is 0.0558 e. The van der Waals surface area contributed by atoms with Crippen molar-refractivity contribution < 1.29 is 4.74 Å². The van der Waals surface area contributed by atoms with Gasteiger partial charge in [-0.15, -0.1) is 0 Å². The Hall–Kier alpha value is -0.240. The highest BCUT2D eigenvalue weighted by atomic mass is 35.5. The minimum atomic E-state index is -0.0662. The molecule has 1 atom stereocenters. The molecule has 0 fully saturated rings. The second-order valence-electron chi connectivity index (χ2n) is 4.66. The van der Waals surface area contributed by atoms with E-state index in [0.717, 1.165) is 5.56 Å². The van der Waals surface area contributed by atoms with Gasteiger partial charge in [-0.1, -0.05) is 44.0 Å². The van der Waals surface area contributed by atoms with E-state index in [-0.39, 0.29) is 5.41 Å². The summed E-state index contributed by atoms with van der Waals surface area (Å²) in [5.74, 6) is 0.446. The fourth-order valence-corrected chi connectivity index (χ4v) is 2.29. The van der Waals surface area contributed by atoms with Crippen LogP contribution in [-0.2, 0) is 10.2 Å². The molecule has 0 saturated heterocycles. The van der Waals surface area contributed by atoms with E-state index < -0.39 is 0 Å². The second-order valence-corrected chi connectivity index (χ2v) is 5.54. The molecule has 3 heteroatoms. The molecule has 0 aliphatic heterocycles. The van der Waals surface area contributed by atoms with Gasteiger partial charge in [0.15, 0.2) is 0 Å². The summed E-state index contributed by atoms with van der Waals surface area (Å²) in [7, 11) is 1.72. The summed E-state index contributed by atoms with van der Waals surface area (Å²) in [5, 5.41) is 1.34. The monoisotopic (exact) mass is 260 g/mol. The maximum absolute atomic E-state index is 6.04. The molecule has 0 heterocycles. The maximum Gasteiger partial charge on any atom is 0.0558 e. The molecule has 1 aromatic rings. The van der Waals surface area contributed by atoms with Crippen LogP contribution in [-0.4, -0.2) is 13.7 Å². The van der Waals surface area contributed by atoms with Crippen molar-refractivity contribution in [3.05, 3.63) is 33.8 Å². The Labute approximate surface area is 108 Å². The first kappa shape index (κ1) is 13.8. The summed E-state index contributed by atoms with van der Waals surface area (Å²) < 4.78 is 5.32. The van der Waals surface area contributed by atoms with Crippen molar-refractivity contribution in [3.63, 3.8) is 0 Å². The number of hydrogen-bond acceptors (Lipinski definition) is 1. The summed E-state index contributed by atoms with van der Waals surface area (Å²) in [6.07, 6.45) is 0. The Balaban J connectivity index is 3.20. The van der Waals surface area contributed by atoms with Crippen molar-refractivity contribution in [3.8, 4) is 0 Å². The molecular formula is C13H18Cl2O. The molecule has 1 nitrogen and oxygen atoms in total. The van der Waals surface area contributed by atoms with Crippen molar-refractivity contribution in [2.45, 2.75) is 26.2 Å². The van der Waals surface area contributed by atoms with Gasteiger partial charge in [-0.05, 0) is 29.7 Å². The van der Waals surface area contributed by atoms with Crippen LogP contribution in [0, 0.1) is 5.92 Å². The molecule has 0 aromatic heterocycles. The first-order valence-corrected chi connectivity index (χ1v) is 6.11. The number of hydrogen-bond donors (Lipinski definition) is 0. The third-order valence-electron chi connectivity index (χ3n) is 3.24. The van der Waals surface area contributed by atoms with Gasteiger partial charge in [-0.3, -0.25) is 0 Å². The SMILES string of the molecule is COC[C@@](C)(c1cc(Cl)cc(Cl)c1)C(C)C. The van der Waals surface area contributed by atoms with E-state index >= 15 is 0 Å². The average molecular weight is 261 g/mol. The Kier molecular flexibility index (Phi) is 4.66. The molecule has 1 rings (SSSR count). The molecule has 1 aromatic carbocycles. The molecule has 16 heavy (non-hydrogen) atoms. The number of rotatable bonds is 4. The second kappa shape index (κ2) is 5.39. The lowest BCUT2D eigenvalue weighted by Crippen LogP contribution is -2.33. The molecule has 90 valence electrons. The van der Waals surface area contributed by atoms with Crippen LogP contribution in [0.2, 0.25) is 10.0 Å². The van der Waals surface area contributed by atoms with Crippen molar-refractivity contribution >= 4 is 23.2 Å². The largest absolute Gasteiger partial charge is 0.384 e. The number of methoxy groups -OCH3 is 1. The lowest BCUT2D eigenvalue weighted by Gasteiger charge is -2.34. The van der Waals surface area contributed by atoms with Crippen molar-refractivity contribution in [1.29, 1.82) is 0 Å². The lowest BCUT2D eigenvalue weighted by atomic mass is 9.74. The zero-order chi connectivity index (χ0) is 12.3. The highest BCUT2D eigenvalue weighted by Gasteiger charge is 2.31. The number of benzene rings is 1. The Bertz CT molecular complexity index is 343. The Morgan fingerprint density at radius 3 is 2.06 bits per heavy atom. The van der Waals surface area contributed by atoms with E-state index in [1.807, 2.05) is 12.1 Å². The minimum Gasteiger partial charge on any atom is -0.384 e. The third-order valence-corrected chi connectivity index (χ3v) is 3.68. The van der Waals surface area contributed by atoms with E-state index in [4.69, 9.17) is 27.9 Å². The number of halogens is 2. The van der Waals surface area contributed by atoms with Crippen LogP contribution < -0.4 is 0 Å². The molecule has 0 unspecified atom stereocenters. The molecule has 0 N–H and O–H groups in total. The van der Waals surface area contributed by atoms with Crippen LogP contribution in [0.3, 0.4) is 0 Å². The van der Waals surface area contributed by atoms with Gasteiger partial charge in [0, 0.05) is 22.6 Å². The van der Waals surface area contributed by atoms with E-state index in [9.17, 15) is 0 Å². The summed E-state index contributed by atoms with van der Waals surface area (Å²) in [5.41, 5.74) is 1.06. The summed E-state index contributed by atoms with van der Waals surface area (Å²) in [6, 6.07) is 5.68. The first-order chi connectivity index (χ1) is 7.40. The van der Waals surface area contributed by atoms with E-state index in [1.54, 1.807) is 13.2 Å². The molecule has 0 radical (unpaired) electrons. The first-order valence-electron chi connectivity index (χ1n) is 5.35. The molecule has 0 aliphatic rings. The fourth-order valence-electron chi connectivity index (χ4n) is 1.77. The van der Waals surface area contributed by atoms with Gasteiger partial charge in [0.2, 0.25) is 0 Å². The van der Waals surface area contributed by atoms with Gasteiger partial charge < -0.3 is 4.74 Å². The molecule has 0 spiro atoms. The minimum absolute atomic E-state index is 0.0662. The topological polar surface area (TPSA) is 9.23 Å². The zero-order valence-electron chi connectivity index (χ0n) is 10.2. The van der Waals surface area contributed by atoms with Crippen LogP contribution in [0.1, 0.15) is 26.3 Å². The molecule has 0 bridgehead atoms. The van der Waals surface area contributed by atoms with Gasteiger partial charge in [0.25, 0.3) is 0 Å². The Morgan fingerprint density at radius 1 is 1.19 bits per heavy atom. The van der Waals surface area contributed by atoms with E-state index in [1.165, 1.54) is 0 Å². The highest BCUT2D eigenvalue weighted by molar-refractivity contribution is 6.34. The standard InChI is InChI=1S/C13H18Cl2O/c1-9(2)13(3,8-16-4)10-5-11(14)7-12(15)6-10/h5-7,9H,8H2,1-4H3/t13-/m1/s1. The number of ether oxygens (including phenoxy) is 1. The van der Waals surface area contributed by atoms with Gasteiger partial charge in [0.05, 0.1) is 6.61 Å². The van der Waals surface area contributed by atoms with Crippen LogP contribution >= 0.6 is 23.2 Å². The van der Waals surface area contributed by atoms with Gasteiger partial charge in [-0.2, -0.15) is 0 Å². The fraction of sp³-hybridized carbons (Fsp3) is 0.538. The predicted octanol–water partition coefficient (Wildman–Crippen LogP) is 4.55. The van der Waals surface area contributed by atoms with Crippen LogP contribution in [0.4, 0.5) is 0 Å². The molecule has 0 saturated carbocycles. The quantitative estimate of drug-likeness (QED) is 0.772. The molecule has 0 amide bonds. The summed E-state index contributed by atoms with van der Waals surface area (Å²) >= 11 is 12.1. The van der Waals surface area contributed by atoms with Crippen LogP contribution in [0.25, 0.3) is 0 Å². The molecular weight excluding hydrogens is 243 g/mol. The Morgan fingerprint density at radius 2 is 1.69 bits per heavy atom. The molecule has 0 aliphatic carbocycles. The van der Waals surface area contributed by atoms with Crippen molar-refractivity contribution in [2.24, 2.45) is 5.92 Å². The van der Waals surface area contributed by atoms with Crippen molar-refractivity contribution in [1.82, 2.24) is 0 Å². The van der Waals surface area contributed by atoms with Gasteiger partial charge in [0.1, 0.15) is 0 Å². The summed E-state index contributed by atoms with van der Waals surface area (Å²) in [6.45, 7) is 7.17. The van der Waals surface area contributed by atoms with Crippen molar-refractivity contribution in [2.75, 3.05) is 13.7 Å². The maximum atomic E-state index is 6.04. The predicted molar refractivity (Wildman–Crippen MR) is 70.5 cm³/mol. The van der Waals surface area contributed by atoms with E-state index in [0.29, 0.717) is 22.6 Å². The normalized spacial score (nSPS) is 15.2. The lowest BCUT2D eigenvalue weighted by molar-refractivity contribution is 0.111. The third kappa shape index (κ3) is 2.91. The zero-order valence-corrected chi connectivity index (χ0v) is 11.7. The summed E-state index contributed by atoms with van der Waals surface area (Å²) in [4.78, 5) is 0. The van der Waals surface area contributed by atoms with Crippen LogP contribution in [0.5, 0.6) is 0 Å².